The highest BCUT2D eigenvalue weighted by molar-refractivity contribution is 9.10. The molecule has 10 heteroatoms. The number of hydrogen-bond donors (Lipinski definition) is 3. The minimum absolute atomic E-state index is 0. The van der Waals surface area contributed by atoms with Crippen LogP contribution < -0.4 is 25.6 Å². The number of fused-ring (bicyclic) bond motifs is 2. The summed E-state index contributed by atoms with van der Waals surface area (Å²) < 4.78 is 6.77. The molecule has 1 aliphatic heterocycles. The number of nitrogens with one attached hydrogen (secondary N) is 3. The highest BCUT2D eigenvalue weighted by Crippen LogP contribution is 2.43. The van der Waals surface area contributed by atoms with Crippen LogP contribution in [-0.4, -0.2) is 50.4 Å². The van der Waals surface area contributed by atoms with Gasteiger partial charge in [-0.3, -0.25) is 14.4 Å². The van der Waals surface area contributed by atoms with Crippen LogP contribution >= 0.6 is 28.3 Å². The second kappa shape index (κ2) is 13.4. The van der Waals surface area contributed by atoms with E-state index >= 15 is 0 Å². The third kappa shape index (κ3) is 6.13. The molecule has 4 aromatic carbocycles. The molecule has 3 N–H and O–H groups in total. The largest absolute Gasteiger partial charge is 0.496 e. The lowest BCUT2D eigenvalue weighted by atomic mass is 9.90. The quantitative estimate of drug-likeness (QED) is 0.218. The Morgan fingerprint density at radius 2 is 1.74 bits per heavy atom. The zero-order chi connectivity index (χ0) is 29.1. The van der Waals surface area contributed by atoms with Crippen molar-refractivity contribution in [2.45, 2.75) is 25.0 Å². The Labute approximate surface area is 259 Å². The number of halogens is 2. The number of carbonyl (C=O) groups excluding carboxylic acids is 3. The van der Waals surface area contributed by atoms with E-state index in [9.17, 15) is 14.4 Å². The fourth-order valence-electron chi connectivity index (χ4n) is 5.16. The van der Waals surface area contributed by atoms with Crippen LogP contribution in [0.2, 0.25) is 0 Å². The molecule has 3 atom stereocenters. The molecule has 8 nitrogen and oxygen atoms in total. The minimum Gasteiger partial charge on any atom is -0.496 e. The first kappa shape index (κ1) is 31.0. The van der Waals surface area contributed by atoms with Crippen LogP contribution in [0.4, 0.5) is 11.4 Å². The molecule has 0 radical (unpaired) electrons. The second-order valence-corrected chi connectivity index (χ2v) is 10.8. The minimum atomic E-state index is -0.938. The molecule has 218 valence electrons. The Hall–Kier alpha value is -3.92. The fraction of sp³-hybridized carbons (Fsp3) is 0.219. The van der Waals surface area contributed by atoms with Crippen molar-refractivity contribution in [1.82, 2.24) is 10.6 Å². The van der Waals surface area contributed by atoms with E-state index in [1.807, 2.05) is 71.6 Å². The molecule has 0 bridgehead atoms. The van der Waals surface area contributed by atoms with Gasteiger partial charge in [0.2, 0.25) is 11.8 Å². The standard InChI is InChI=1S/C32H31BrN4O4.ClH/c1-19(34-2)31(39)36-25-18-37(26-12-8-7-11-24(26)35-32(25)40)29(30(38)20-9-5-4-6-10-20)28-23-15-14-22(33)17-21(23)13-16-27(28)41-3;/h4-17,19,25,29,34H,18H2,1-3H3,(H,35,40)(H,36,39);1H/t19-,25-,29?;/m0./s1. The fourth-order valence-corrected chi connectivity index (χ4v) is 5.54. The molecule has 1 heterocycles. The van der Waals surface area contributed by atoms with Crippen LogP contribution in [0, 0.1) is 0 Å². The van der Waals surface area contributed by atoms with E-state index in [1.54, 1.807) is 39.3 Å². The SMILES string of the molecule is CN[C@@H](C)C(=O)N[C@H]1CN(C(C(=O)c2ccccc2)c2c(OC)ccc3cc(Br)ccc23)c2ccccc2NC1=O.Cl. The van der Waals surface area contributed by atoms with Crippen LogP contribution in [-0.2, 0) is 9.59 Å². The Morgan fingerprint density at radius 1 is 1.02 bits per heavy atom. The number of para-hydroxylation sites is 2. The number of likely N-dealkylation sites (N-methyl/N-ethyl adjacent to an activating group) is 1. The topological polar surface area (TPSA) is 99.8 Å². The van der Waals surface area contributed by atoms with Crippen molar-refractivity contribution in [2.24, 2.45) is 0 Å². The Balaban J connectivity index is 0.00000405. The number of methoxy groups -OCH3 is 1. The summed E-state index contributed by atoms with van der Waals surface area (Å²) in [6.45, 7) is 1.77. The molecule has 5 rings (SSSR count). The molecule has 0 saturated heterocycles. The van der Waals surface area contributed by atoms with Gasteiger partial charge in [0.25, 0.3) is 0 Å². The van der Waals surface area contributed by atoms with E-state index in [0.29, 0.717) is 28.3 Å². The van der Waals surface area contributed by atoms with Crippen LogP contribution in [0.15, 0.2) is 89.4 Å². The number of Topliss-reactive ketones (excluding diaryl/α,β-unsaturated/α-hetero) is 1. The summed E-state index contributed by atoms with van der Waals surface area (Å²) >= 11 is 3.56. The van der Waals surface area contributed by atoms with E-state index in [2.05, 4.69) is 31.9 Å². The average Bonchev–Trinajstić information content (AvgIpc) is 3.13. The van der Waals surface area contributed by atoms with Gasteiger partial charge in [0.05, 0.1) is 24.5 Å². The van der Waals surface area contributed by atoms with Crippen LogP contribution in [0.3, 0.4) is 0 Å². The van der Waals surface area contributed by atoms with Gasteiger partial charge in [-0.15, -0.1) is 12.4 Å². The lowest BCUT2D eigenvalue weighted by molar-refractivity contribution is -0.127. The summed E-state index contributed by atoms with van der Waals surface area (Å²) in [5, 5.41) is 10.5. The van der Waals surface area contributed by atoms with Gasteiger partial charge in [0.1, 0.15) is 17.8 Å². The lowest BCUT2D eigenvalue weighted by Crippen LogP contribution is -2.54. The third-order valence-corrected chi connectivity index (χ3v) is 7.90. The van der Waals surface area contributed by atoms with Gasteiger partial charge in [0, 0.05) is 22.1 Å². The first-order valence-corrected chi connectivity index (χ1v) is 14.1. The van der Waals surface area contributed by atoms with Crippen LogP contribution in [0.25, 0.3) is 10.8 Å². The second-order valence-electron chi connectivity index (χ2n) is 9.91. The molecule has 1 aliphatic rings. The van der Waals surface area contributed by atoms with E-state index in [-0.39, 0.29) is 36.5 Å². The molecule has 0 aromatic heterocycles. The van der Waals surface area contributed by atoms with Gasteiger partial charge in [-0.25, -0.2) is 0 Å². The van der Waals surface area contributed by atoms with Crippen molar-refractivity contribution in [1.29, 1.82) is 0 Å². The predicted octanol–water partition coefficient (Wildman–Crippen LogP) is 5.51. The number of ether oxygens (including phenoxy) is 1. The Bertz CT molecular complexity index is 1620. The van der Waals surface area contributed by atoms with E-state index in [1.165, 1.54) is 0 Å². The summed E-state index contributed by atoms with van der Waals surface area (Å²) in [4.78, 5) is 42.9. The summed E-state index contributed by atoms with van der Waals surface area (Å²) in [5.41, 5.74) is 2.39. The van der Waals surface area contributed by atoms with Crippen molar-refractivity contribution in [3.63, 3.8) is 0 Å². The van der Waals surface area contributed by atoms with Crippen LogP contribution in [0.5, 0.6) is 5.75 Å². The molecule has 2 amide bonds. The number of ketones is 1. The summed E-state index contributed by atoms with van der Waals surface area (Å²) in [5.74, 6) is -0.315. The maximum absolute atomic E-state index is 14.6. The zero-order valence-corrected chi connectivity index (χ0v) is 25.8. The van der Waals surface area contributed by atoms with Crippen molar-refractivity contribution in [2.75, 3.05) is 30.9 Å². The van der Waals surface area contributed by atoms with Gasteiger partial charge in [-0.05, 0) is 55.1 Å². The summed E-state index contributed by atoms with van der Waals surface area (Å²) in [6.07, 6.45) is 0. The lowest BCUT2D eigenvalue weighted by Gasteiger charge is -2.35. The van der Waals surface area contributed by atoms with Crippen molar-refractivity contribution in [3.8, 4) is 5.75 Å². The third-order valence-electron chi connectivity index (χ3n) is 7.41. The van der Waals surface area contributed by atoms with Crippen molar-refractivity contribution >= 4 is 68.1 Å². The average molecular weight is 652 g/mol. The maximum Gasteiger partial charge on any atom is 0.248 e. The summed E-state index contributed by atoms with van der Waals surface area (Å²) in [7, 11) is 3.26. The number of hydrogen-bond acceptors (Lipinski definition) is 6. The van der Waals surface area contributed by atoms with Gasteiger partial charge in [-0.2, -0.15) is 0 Å². The van der Waals surface area contributed by atoms with Crippen LogP contribution in [0.1, 0.15) is 28.9 Å². The molecular formula is C32H32BrClN4O4. The van der Waals surface area contributed by atoms with Gasteiger partial charge < -0.3 is 25.6 Å². The molecule has 0 spiro atoms. The monoisotopic (exact) mass is 650 g/mol. The smallest absolute Gasteiger partial charge is 0.248 e. The highest BCUT2D eigenvalue weighted by Gasteiger charge is 2.39. The van der Waals surface area contributed by atoms with E-state index < -0.39 is 18.1 Å². The molecule has 0 saturated carbocycles. The Kier molecular flexibility index (Phi) is 9.88. The first-order chi connectivity index (χ1) is 19.8. The van der Waals surface area contributed by atoms with Gasteiger partial charge in [0.15, 0.2) is 5.78 Å². The number of carbonyl (C=O) groups is 3. The number of amides is 2. The number of benzene rings is 4. The number of anilines is 2. The number of nitrogens with zero attached hydrogens (tertiary/aromatic N) is 1. The Morgan fingerprint density at radius 3 is 2.45 bits per heavy atom. The number of rotatable bonds is 8. The molecule has 0 aliphatic carbocycles. The predicted molar refractivity (Wildman–Crippen MR) is 172 cm³/mol. The maximum atomic E-state index is 14.6. The molecular weight excluding hydrogens is 620 g/mol. The molecule has 4 aromatic rings. The van der Waals surface area contributed by atoms with E-state index in [0.717, 1.165) is 15.2 Å². The summed E-state index contributed by atoms with van der Waals surface area (Å²) in [6, 6.07) is 23.8. The molecule has 42 heavy (non-hydrogen) atoms. The van der Waals surface area contributed by atoms with E-state index in [4.69, 9.17) is 4.74 Å². The van der Waals surface area contributed by atoms with Crippen molar-refractivity contribution in [3.05, 3.63) is 101 Å². The highest BCUT2D eigenvalue weighted by atomic mass is 79.9. The molecule has 1 unspecified atom stereocenters. The first-order valence-electron chi connectivity index (χ1n) is 13.3. The van der Waals surface area contributed by atoms with Crippen molar-refractivity contribution < 1.29 is 19.1 Å². The normalized spacial score (nSPS) is 15.9. The van der Waals surface area contributed by atoms with Gasteiger partial charge in [-0.1, -0.05) is 70.5 Å². The molecule has 0 fully saturated rings. The zero-order valence-electron chi connectivity index (χ0n) is 23.4. The van der Waals surface area contributed by atoms with Gasteiger partial charge >= 0.3 is 0 Å².